The van der Waals surface area contributed by atoms with E-state index in [4.69, 9.17) is 0 Å². The van der Waals surface area contributed by atoms with Crippen molar-refractivity contribution in [3.8, 4) is 5.69 Å². The number of hydrogen-bond acceptors (Lipinski definition) is 2. The highest BCUT2D eigenvalue weighted by Crippen LogP contribution is 2.23. The van der Waals surface area contributed by atoms with E-state index in [0.29, 0.717) is 5.56 Å². The van der Waals surface area contributed by atoms with E-state index in [1.54, 1.807) is 12.3 Å². The summed E-state index contributed by atoms with van der Waals surface area (Å²) in [6.45, 7) is 4.11. The van der Waals surface area contributed by atoms with Crippen LogP contribution in [0.25, 0.3) is 5.69 Å². The largest absolute Gasteiger partial charge is 0.317 e. The molecule has 0 spiro atoms. The molecule has 1 heterocycles. The van der Waals surface area contributed by atoms with Gasteiger partial charge in [0.05, 0.1) is 17.5 Å². The molecule has 1 N–H and O–H groups in total. The predicted molar refractivity (Wildman–Crippen MR) is 117 cm³/mol. The SMILES string of the molecule is Cc1cc(/C=N/NC(=O)c2ccccc2Br)c(C)n1-c1ccccc1I. The van der Waals surface area contributed by atoms with Crippen LogP contribution in [0.15, 0.2) is 64.2 Å². The Labute approximate surface area is 174 Å². The predicted octanol–water partition coefficient (Wildman–Crippen LogP) is 5.23. The number of nitrogens with zero attached hydrogens (tertiary/aromatic N) is 2. The quantitative estimate of drug-likeness (QED) is 0.285. The van der Waals surface area contributed by atoms with Gasteiger partial charge in [-0.3, -0.25) is 4.79 Å². The van der Waals surface area contributed by atoms with Crippen LogP contribution in [-0.2, 0) is 0 Å². The van der Waals surface area contributed by atoms with Crippen LogP contribution < -0.4 is 5.43 Å². The minimum Gasteiger partial charge on any atom is -0.317 e. The van der Waals surface area contributed by atoms with E-state index in [2.05, 4.69) is 78.7 Å². The van der Waals surface area contributed by atoms with Crippen LogP contribution in [0.3, 0.4) is 0 Å². The third-order valence-corrected chi connectivity index (χ3v) is 5.66. The molecule has 0 bridgehead atoms. The molecule has 132 valence electrons. The summed E-state index contributed by atoms with van der Waals surface area (Å²) in [5, 5.41) is 4.13. The Hall–Kier alpha value is -1.93. The normalized spacial score (nSPS) is 11.1. The molecule has 6 heteroatoms. The van der Waals surface area contributed by atoms with Gasteiger partial charge in [0.15, 0.2) is 0 Å². The van der Waals surface area contributed by atoms with E-state index >= 15 is 0 Å². The first kappa shape index (κ1) is 18.8. The van der Waals surface area contributed by atoms with Crippen LogP contribution in [0.5, 0.6) is 0 Å². The smallest absolute Gasteiger partial charge is 0.272 e. The van der Waals surface area contributed by atoms with E-state index < -0.39 is 0 Å². The first-order valence-corrected chi connectivity index (χ1v) is 9.88. The molecule has 0 fully saturated rings. The average Bonchev–Trinajstić information content (AvgIpc) is 2.90. The van der Waals surface area contributed by atoms with Gasteiger partial charge in [0.2, 0.25) is 0 Å². The number of carbonyl (C=O) groups excluding carboxylic acids is 1. The van der Waals surface area contributed by atoms with Crippen molar-refractivity contribution in [3.63, 3.8) is 0 Å². The van der Waals surface area contributed by atoms with E-state index in [-0.39, 0.29) is 5.91 Å². The molecule has 3 aromatic rings. The van der Waals surface area contributed by atoms with Gasteiger partial charge in [-0.25, -0.2) is 5.43 Å². The van der Waals surface area contributed by atoms with Crippen LogP contribution in [0, 0.1) is 17.4 Å². The fourth-order valence-corrected chi connectivity index (χ4v) is 3.88. The highest BCUT2D eigenvalue weighted by Gasteiger charge is 2.12. The molecule has 2 aromatic carbocycles. The maximum Gasteiger partial charge on any atom is 0.272 e. The third-order valence-electron chi connectivity index (χ3n) is 4.05. The average molecular weight is 522 g/mol. The molecule has 26 heavy (non-hydrogen) atoms. The van der Waals surface area contributed by atoms with Gasteiger partial charge in [0.1, 0.15) is 0 Å². The summed E-state index contributed by atoms with van der Waals surface area (Å²) in [4.78, 5) is 12.2. The molecule has 1 aromatic heterocycles. The van der Waals surface area contributed by atoms with E-state index in [1.165, 1.54) is 3.57 Å². The fraction of sp³-hybridized carbons (Fsp3) is 0.100. The third kappa shape index (κ3) is 3.91. The molecule has 0 unspecified atom stereocenters. The van der Waals surface area contributed by atoms with Gasteiger partial charge >= 0.3 is 0 Å². The zero-order valence-corrected chi connectivity index (χ0v) is 18.1. The van der Waals surface area contributed by atoms with Crippen LogP contribution in [0.2, 0.25) is 0 Å². The molecule has 0 radical (unpaired) electrons. The first-order valence-electron chi connectivity index (χ1n) is 8.01. The van der Waals surface area contributed by atoms with Gasteiger partial charge in [0.25, 0.3) is 5.91 Å². The molecule has 0 aliphatic rings. The molecular formula is C20H17BrIN3O. The van der Waals surface area contributed by atoms with Gasteiger partial charge in [-0.15, -0.1) is 0 Å². The number of para-hydroxylation sites is 1. The lowest BCUT2D eigenvalue weighted by molar-refractivity contribution is 0.0954. The highest BCUT2D eigenvalue weighted by molar-refractivity contribution is 14.1. The van der Waals surface area contributed by atoms with Crippen molar-refractivity contribution in [1.82, 2.24) is 9.99 Å². The van der Waals surface area contributed by atoms with Crippen LogP contribution in [-0.4, -0.2) is 16.7 Å². The number of aromatic nitrogens is 1. The summed E-state index contributed by atoms with van der Waals surface area (Å²) in [5.74, 6) is -0.250. The van der Waals surface area contributed by atoms with Crippen molar-refractivity contribution in [2.45, 2.75) is 13.8 Å². The number of hydrogen-bond donors (Lipinski definition) is 1. The monoisotopic (exact) mass is 521 g/mol. The van der Waals surface area contributed by atoms with Gasteiger partial charge in [-0.2, -0.15) is 5.10 Å². The van der Waals surface area contributed by atoms with Gasteiger partial charge in [0, 0.05) is 25.0 Å². The summed E-state index contributed by atoms with van der Waals surface area (Å²) in [5.41, 5.74) is 7.43. The highest BCUT2D eigenvalue weighted by atomic mass is 127. The second-order valence-corrected chi connectivity index (χ2v) is 7.81. The number of carbonyl (C=O) groups is 1. The second kappa shape index (κ2) is 8.18. The van der Waals surface area contributed by atoms with Crippen LogP contribution in [0.1, 0.15) is 27.3 Å². The molecule has 3 rings (SSSR count). The number of amides is 1. The van der Waals surface area contributed by atoms with Gasteiger partial charge in [-0.05, 0) is 82.7 Å². The summed E-state index contributed by atoms with van der Waals surface area (Å²) >= 11 is 5.71. The van der Waals surface area contributed by atoms with E-state index in [9.17, 15) is 4.79 Å². The van der Waals surface area contributed by atoms with Crippen molar-refractivity contribution >= 4 is 50.6 Å². The van der Waals surface area contributed by atoms with Gasteiger partial charge < -0.3 is 4.57 Å². The minimum atomic E-state index is -0.250. The Bertz CT molecular complexity index is 994. The molecule has 0 atom stereocenters. The zero-order chi connectivity index (χ0) is 18.7. The zero-order valence-electron chi connectivity index (χ0n) is 14.3. The van der Waals surface area contributed by atoms with Crippen molar-refractivity contribution in [2.24, 2.45) is 5.10 Å². The Balaban J connectivity index is 1.82. The molecule has 0 aliphatic heterocycles. The summed E-state index contributed by atoms with van der Waals surface area (Å²) in [7, 11) is 0. The van der Waals surface area contributed by atoms with Crippen molar-refractivity contribution in [2.75, 3.05) is 0 Å². The summed E-state index contributed by atoms with van der Waals surface area (Å²) < 4.78 is 4.11. The van der Waals surface area contributed by atoms with Crippen LogP contribution >= 0.6 is 38.5 Å². The Kier molecular flexibility index (Phi) is 5.93. The van der Waals surface area contributed by atoms with Crippen molar-refractivity contribution < 1.29 is 4.79 Å². The Morgan fingerprint density at radius 1 is 1.15 bits per heavy atom. The summed E-state index contributed by atoms with van der Waals surface area (Å²) in [6, 6.07) is 17.6. The topological polar surface area (TPSA) is 46.4 Å². The Morgan fingerprint density at radius 3 is 2.58 bits per heavy atom. The van der Waals surface area contributed by atoms with E-state index in [1.807, 2.05) is 37.3 Å². The maximum atomic E-state index is 12.2. The minimum absolute atomic E-state index is 0.250. The first-order chi connectivity index (χ1) is 12.5. The summed E-state index contributed by atoms with van der Waals surface area (Å²) in [6.07, 6.45) is 1.68. The number of nitrogens with one attached hydrogen (secondary N) is 1. The number of aryl methyl sites for hydroxylation is 1. The molecular weight excluding hydrogens is 505 g/mol. The molecule has 0 saturated carbocycles. The van der Waals surface area contributed by atoms with Gasteiger partial charge in [-0.1, -0.05) is 24.3 Å². The van der Waals surface area contributed by atoms with E-state index in [0.717, 1.165) is 27.1 Å². The number of hydrazone groups is 1. The Morgan fingerprint density at radius 2 is 1.85 bits per heavy atom. The lowest BCUT2D eigenvalue weighted by Gasteiger charge is -2.11. The number of rotatable bonds is 4. The second-order valence-electron chi connectivity index (χ2n) is 5.79. The molecule has 1 amide bonds. The number of halogens is 2. The van der Waals surface area contributed by atoms with Crippen molar-refractivity contribution in [1.29, 1.82) is 0 Å². The molecule has 0 saturated heterocycles. The molecule has 4 nitrogen and oxygen atoms in total. The molecule has 0 aliphatic carbocycles. The standard InChI is InChI=1S/C20H17BrIN3O/c1-13-11-15(14(2)25(13)19-10-6-5-9-18(19)22)12-23-24-20(26)16-7-3-4-8-17(16)21/h3-12H,1-2H3,(H,24,26)/b23-12+. The van der Waals surface area contributed by atoms with Crippen molar-refractivity contribution in [3.05, 3.63) is 85.2 Å². The lowest BCUT2D eigenvalue weighted by Crippen LogP contribution is -2.18. The van der Waals surface area contributed by atoms with Crippen LogP contribution in [0.4, 0.5) is 0 Å². The lowest BCUT2D eigenvalue weighted by atomic mass is 10.2. The number of benzene rings is 2. The maximum absolute atomic E-state index is 12.2. The fourth-order valence-electron chi connectivity index (χ4n) is 2.79.